The highest BCUT2D eigenvalue weighted by Crippen LogP contribution is 2.29. The zero-order valence-corrected chi connectivity index (χ0v) is 17.4. The van der Waals surface area contributed by atoms with Crippen LogP contribution in [0.2, 0.25) is 0 Å². The van der Waals surface area contributed by atoms with E-state index in [0.717, 1.165) is 11.4 Å². The summed E-state index contributed by atoms with van der Waals surface area (Å²) in [6.45, 7) is 8.57. The molecule has 1 aromatic carbocycles. The summed E-state index contributed by atoms with van der Waals surface area (Å²) in [6, 6.07) is 7.10. The highest BCUT2D eigenvalue weighted by atomic mass is 35.5. The zero-order chi connectivity index (χ0) is 21.8. The molecular weight excluding hydrogens is 404 g/mol. The van der Waals surface area contributed by atoms with E-state index in [4.69, 9.17) is 11.6 Å². The summed E-state index contributed by atoms with van der Waals surface area (Å²) in [4.78, 5) is 18.6. The summed E-state index contributed by atoms with van der Waals surface area (Å²) in [7, 11) is 0. The minimum absolute atomic E-state index is 0.125. The lowest BCUT2D eigenvalue weighted by Gasteiger charge is -2.45. The molecule has 1 aliphatic rings. The van der Waals surface area contributed by atoms with Gasteiger partial charge in [-0.25, -0.2) is 4.98 Å². The molecule has 0 radical (unpaired) electrons. The zero-order valence-electron chi connectivity index (χ0n) is 16.7. The molecule has 0 spiro atoms. The number of aromatic nitrogens is 1. The van der Waals surface area contributed by atoms with Crippen molar-refractivity contribution in [3.63, 3.8) is 0 Å². The third-order valence-corrected chi connectivity index (χ3v) is 4.10. The van der Waals surface area contributed by atoms with Gasteiger partial charge in [-0.15, -0.1) is 8.78 Å². The number of halogens is 3. The summed E-state index contributed by atoms with van der Waals surface area (Å²) >= 11 is 4.70. The number of aliphatic hydroxyl groups is 1. The fourth-order valence-electron chi connectivity index (χ4n) is 2.89. The summed E-state index contributed by atoms with van der Waals surface area (Å²) in [5, 5.41) is 12.5. The maximum absolute atomic E-state index is 12.6. The molecule has 1 saturated heterocycles. The molecule has 1 aliphatic heterocycles. The lowest BCUT2D eigenvalue weighted by atomic mass is 9.96. The second-order valence-electron chi connectivity index (χ2n) is 6.74. The van der Waals surface area contributed by atoms with Gasteiger partial charge in [0.1, 0.15) is 11.6 Å². The first-order valence-corrected chi connectivity index (χ1v) is 9.51. The predicted octanol–water partition coefficient (Wildman–Crippen LogP) is 4.41. The van der Waals surface area contributed by atoms with Crippen molar-refractivity contribution < 1.29 is 23.4 Å². The molecule has 0 aliphatic carbocycles. The number of hydrogen-bond acceptors (Lipinski definition) is 5. The van der Waals surface area contributed by atoms with Gasteiger partial charge in [0, 0.05) is 36.6 Å². The van der Waals surface area contributed by atoms with Gasteiger partial charge in [0.25, 0.3) is 5.91 Å². The van der Waals surface area contributed by atoms with Gasteiger partial charge in [-0.05, 0) is 49.7 Å². The average Bonchev–Trinajstić information content (AvgIpc) is 2.62. The maximum Gasteiger partial charge on any atom is 0.487 e. The summed E-state index contributed by atoms with van der Waals surface area (Å²) in [5.41, 5.74) is -2.93. The van der Waals surface area contributed by atoms with Gasteiger partial charge in [-0.3, -0.25) is 4.79 Å². The molecule has 0 saturated carbocycles. The standard InChI is InChI=1S/C18H18ClF2N3O3.C2H6/c1-11-7-12(8-22-15(11)24-9-17(2,26)10-24)16(25)23-13-3-5-14(6-4-13)27-18(19,20)21;1-2/h3-8,26H,9-10H2,1-2H3,(H,23,25);1-2H3. The fraction of sp³-hybridized carbons (Fsp3) is 0.400. The van der Waals surface area contributed by atoms with Crippen molar-refractivity contribution >= 4 is 29.0 Å². The number of alkyl halides is 3. The molecule has 1 amide bonds. The first-order valence-electron chi connectivity index (χ1n) is 9.14. The van der Waals surface area contributed by atoms with Gasteiger partial charge in [0.15, 0.2) is 0 Å². The quantitative estimate of drug-likeness (QED) is 0.691. The number of pyridine rings is 1. The van der Waals surface area contributed by atoms with E-state index in [1.165, 1.54) is 30.5 Å². The van der Waals surface area contributed by atoms with Crippen molar-refractivity contribution in [2.24, 2.45) is 0 Å². The first kappa shape index (κ1) is 22.8. The van der Waals surface area contributed by atoms with Crippen LogP contribution in [-0.4, -0.2) is 40.3 Å². The Morgan fingerprint density at radius 3 is 2.38 bits per heavy atom. The number of carbonyl (C=O) groups is 1. The van der Waals surface area contributed by atoms with Crippen molar-refractivity contribution in [2.75, 3.05) is 23.3 Å². The number of carbonyl (C=O) groups excluding carboxylic acids is 1. The van der Waals surface area contributed by atoms with Crippen LogP contribution >= 0.6 is 11.6 Å². The molecule has 29 heavy (non-hydrogen) atoms. The molecule has 1 fully saturated rings. The molecule has 6 nitrogen and oxygen atoms in total. The van der Waals surface area contributed by atoms with Crippen LogP contribution in [0.25, 0.3) is 0 Å². The molecule has 158 valence electrons. The van der Waals surface area contributed by atoms with Crippen LogP contribution in [0.15, 0.2) is 36.5 Å². The normalized spacial score (nSPS) is 15.0. The number of benzene rings is 1. The minimum Gasteiger partial charge on any atom is -0.420 e. The van der Waals surface area contributed by atoms with Gasteiger partial charge in [0.05, 0.1) is 11.2 Å². The Balaban J connectivity index is 0.00000145. The second-order valence-corrected chi connectivity index (χ2v) is 7.18. The monoisotopic (exact) mass is 427 g/mol. The molecular formula is C20H24ClF2N3O3. The number of β-amino-alcohol motifs (C(OH)–C–C–N with tert-alkyl or cyclic N) is 1. The van der Waals surface area contributed by atoms with Crippen molar-refractivity contribution in [3.8, 4) is 5.75 Å². The van der Waals surface area contributed by atoms with Gasteiger partial charge in [-0.2, -0.15) is 0 Å². The summed E-state index contributed by atoms with van der Waals surface area (Å²) in [6.07, 6.45) is 1.45. The molecule has 0 bridgehead atoms. The number of rotatable bonds is 5. The number of aryl methyl sites for hydroxylation is 1. The third-order valence-electron chi connectivity index (χ3n) is 4.02. The molecule has 9 heteroatoms. The van der Waals surface area contributed by atoms with Crippen LogP contribution in [0.1, 0.15) is 36.7 Å². The summed E-state index contributed by atoms with van der Waals surface area (Å²) in [5.74, 6) is 0.214. The Hall–Kier alpha value is -2.45. The van der Waals surface area contributed by atoms with Gasteiger partial charge >= 0.3 is 5.57 Å². The van der Waals surface area contributed by atoms with Crippen LogP contribution in [-0.2, 0) is 0 Å². The second kappa shape index (κ2) is 8.92. The van der Waals surface area contributed by atoms with Gasteiger partial charge in [-0.1, -0.05) is 13.8 Å². The van der Waals surface area contributed by atoms with E-state index in [0.29, 0.717) is 24.3 Å². The first-order chi connectivity index (χ1) is 13.5. The number of ether oxygens (including phenoxy) is 1. The summed E-state index contributed by atoms with van der Waals surface area (Å²) < 4.78 is 29.4. The van der Waals surface area contributed by atoms with Gasteiger partial charge < -0.3 is 20.1 Å². The Bertz CT molecular complexity index is 847. The van der Waals surface area contributed by atoms with Crippen LogP contribution in [0.4, 0.5) is 20.3 Å². The van der Waals surface area contributed by atoms with Crippen LogP contribution < -0.4 is 15.0 Å². The number of anilines is 2. The van der Waals surface area contributed by atoms with Crippen molar-refractivity contribution in [3.05, 3.63) is 47.7 Å². The highest BCUT2D eigenvalue weighted by Gasteiger charge is 2.37. The van der Waals surface area contributed by atoms with Crippen LogP contribution in [0.3, 0.4) is 0 Å². The minimum atomic E-state index is -3.79. The maximum atomic E-state index is 12.6. The predicted molar refractivity (Wildman–Crippen MR) is 109 cm³/mol. The molecule has 1 aromatic heterocycles. The molecule has 2 aromatic rings. The number of amides is 1. The highest BCUT2D eigenvalue weighted by molar-refractivity contribution is 6.20. The van der Waals surface area contributed by atoms with E-state index >= 15 is 0 Å². The Morgan fingerprint density at radius 2 is 1.90 bits per heavy atom. The molecule has 2 heterocycles. The molecule has 0 unspecified atom stereocenters. The van der Waals surface area contributed by atoms with Crippen LogP contribution in [0.5, 0.6) is 5.75 Å². The lowest BCUT2D eigenvalue weighted by Crippen LogP contribution is -2.60. The Labute approximate surface area is 173 Å². The van der Waals surface area contributed by atoms with E-state index in [-0.39, 0.29) is 11.7 Å². The van der Waals surface area contributed by atoms with Crippen molar-refractivity contribution in [1.82, 2.24) is 4.98 Å². The van der Waals surface area contributed by atoms with Crippen molar-refractivity contribution in [2.45, 2.75) is 38.9 Å². The number of hydrogen-bond donors (Lipinski definition) is 2. The molecule has 3 rings (SSSR count). The SMILES string of the molecule is CC.Cc1cc(C(=O)Nc2ccc(OC(F)(F)Cl)cc2)cnc1N1CC(C)(O)C1. The smallest absolute Gasteiger partial charge is 0.420 e. The van der Waals surface area contributed by atoms with Crippen molar-refractivity contribution in [1.29, 1.82) is 0 Å². The van der Waals surface area contributed by atoms with E-state index in [9.17, 15) is 18.7 Å². The van der Waals surface area contributed by atoms with E-state index in [1.807, 2.05) is 25.7 Å². The lowest BCUT2D eigenvalue weighted by molar-refractivity contribution is -0.0964. The average molecular weight is 428 g/mol. The topological polar surface area (TPSA) is 74.7 Å². The Kier molecular flexibility index (Phi) is 7.02. The molecule has 0 atom stereocenters. The molecule has 2 N–H and O–H groups in total. The fourth-order valence-corrected chi connectivity index (χ4v) is 2.98. The van der Waals surface area contributed by atoms with E-state index in [1.54, 1.807) is 13.0 Å². The number of nitrogens with one attached hydrogen (secondary N) is 1. The van der Waals surface area contributed by atoms with E-state index in [2.05, 4.69) is 15.0 Å². The van der Waals surface area contributed by atoms with Crippen LogP contribution in [0, 0.1) is 6.92 Å². The van der Waals surface area contributed by atoms with E-state index < -0.39 is 11.2 Å². The Morgan fingerprint density at radius 1 is 1.31 bits per heavy atom. The van der Waals surface area contributed by atoms with Gasteiger partial charge in [0.2, 0.25) is 0 Å². The largest absolute Gasteiger partial charge is 0.487 e. The third kappa shape index (κ3) is 6.27. The number of nitrogens with zero attached hydrogens (tertiary/aromatic N) is 2.